The minimum atomic E-state index is 0.538. The van der Waals surface area contributed by atoms with E-state index in [1.54, 1.807) is 0 Å². The van der Waals surface area contributed by atoms with Gasteiger partial charge in [0, 0.05) is 16.4 Å². The summed E-state index contributed by atoms with van der Waals surface area (Å²) in [6.07, 6.45) is 0. The molecule has 0 amide bonds. The monoisotopic (exact) mass is 245 g/mol. The van der Waals surface area contributed by atoms with E-state index in [9.17, 15) is 0 Å². The molecular formula is C15H16ClN. The number of rotatable bonds is 3. The van der Waals surface area contributed by atoms with E-state index >= 15 is 0 Å². The third kappa shape index (κ3) is 3.24. The summed E-state index contributed by atoms with van der Waals surface area (Å²) in [7, 11) is 0. The highest BCUT2D eigenvalue weighted by Gasteiger charge is 2.00. The van der Waals surface area contributed by atoms with Crippen LogP contribution >= 0.6 is 11.6 Å². The Labute approximate surface area is 107 Å². The highest BCUT2D eigenvalue weighted by atomic mass is 35.5. The van der Waals surface area contributed by atoms with E-state index in [4.69, 9.17) is 11.6 Å². The quantitative estimate of drug-likeness (QED) is 0.783. The van der Waals surface area contributed by atoms with Crippen molar-refractivity contribution in [1.29, 1.82) is 0 Å². The zero-order valence-electron chi connectivity index (χ0n) is 10.1. The lowest BCUT2D eigenvalue weighted by Crippen LogP contribution is -1.93. The topological polar surface area (TPSA) is 12.0 Å². The predicted molar refractivity (Wildman–Crippen MR) is 75.3 cm³/mol. The summed E-state index contributed by atoms with van der Waals surface area (Å²) in [6.45, 7) is 4.39. The summed E-state index contributed by atoms with van der Waals surface area (Å²) >= 11 is 5.95. The first-order chi connectivity index (χ1) is 8.15. The molecule has 0 aliphatic heterocycles. The zero-order valence-corrected chi connectivity index (χ0v) is 10.8. The normalized spacial score (nSPS) is 10.6. The van der Waals surface area contributed by atoms with Gasteiger partial charge in [0.15, 0.2) is 0 Å². The molecule has 0 unspecified atom stereocenters. The van der Waals surface area contributed by atoms with Gasteiger partial charge in [-0.25, -0.2) is 0 Å². The fourth-order valence-electron chi connectivity index (χ4n) is 1.71. The van der Waals surface area contributed by atoms with Crippen molar-refractivity contribution in [2.24, 2.45) is 0 Å². The smallest absolute Gasteiger partial charge is 0.0426 e. The third-order valence-corrected chi connectivity index (χ3v) is 2.90. The highest BCUT2D eigenvalue weighted by Crippen LogP contribution is 2.23. The Bertz CT molecular complexity index is 506. The molecule has 0 saturated carbocycles. The van der Waals surface area contributed by atoms with E-state index in [1.807, 2.05) is 24.3 Å². The van der Waals surface area contributed by atoms with Gasteiger partial charge in [-0.3, -0.25) is 0 Å². The molecule has 17 heavy (non-hydrogen) atoms. The molecule has 0 aliphatic carbocycles. The lowest BCUT2D eigenvalue weighted by molar-refractivity contribution is 0.867. The fourth-order valence-corrected chi connectivity index (χ4v) is 1.90. The van der Waals surface area contributed by atoms with Crippen LogP contribution in [-0.2, 0) is 0 Å². The molecule has 0 bridgehead atoms. The van der Waals surface area contributed by atoms with Gasteiger partial charge in [0.25, 0.3) is 0 Å². The molecule has 88 valence electrons. The summed E-state index contributed by atoms with van der Waals surface area (Å²) in [4.78, 5) is 0. The maximum absolute atomic E-state index is 5.95. The predicted octanol–water partition coefficient (Wildman–Crippen LogP) is 5.21. The van der Waals surface area contributed by atoms with Crippen LogP contribution in [0.1, 0.15) is 25.3 Å². The van der Waals surface area contributed by atoms with E-state index < -0.39 is 0 Å². The van der Waals surface area contributed by atoms with E-state index in [0.29, 0.717) is 5.92 Å². The number of halogens is 1. The van der Waals surface area contributed by atoms with E-state index in [1.165, 1.54) is 5.56 Å². The summed E-state index contributed by atoms with van der Waals surface area (Å²) in [6, 6.07) is 16.2. The molecule has 0 spiro atoms. The standard InChI is InChI=1S/C15H16ClN/c1-11(2)12-5-3-7-14(9-12)17-15-8-4-6-13(16)10-15/h3-11,17H,1-2H3. The van der Waals surface area contributed by atoms with Crippen molar-refractivity contribution in [3.05, 3.63) is 59.1 Å². The van der Waals surface area contributed by atoms with E-state index in [2.05, 4.69) is 43.4 Å². The van der Waals surface area contributed by atoms with Crippen molar-refractivity contribution in [3.8, 4) is 0 Å². The second kappa shape index (κ2) is 5.24. The van der Waals surface area contributed by atoms with Crippen LogP contribution in [-0.4, -0.2) is 0 Å². The van der Waals surface area contributed by atoms with Crippen LogP contribution in [0.2, 0.25) is 5.02 Å². The van der Waals surface area contributed by atoms with E-state index in [0.717, 1.165) is 16.4 Å². The van der Waals surface area contributed by atoms with Gasteiger partial charge in [0.05, 0.1) is 0 Å². The Morgan fingerprint density at radius 1 is 0.941 bits per heavy atom. The largest absolute Gasteiger partial charge is 0.355 e. The van der Waals surface area contributed by atoms with Crippen molar-refractivity contribution < 1.29 is 0 Å². The molecule has 2 heteroatoms. The number of hydrogen-bond acceptors (Lipinski definition) is 1. The van der Waals surface area contributed by atoms with Gasteiger partial charge in [-0.15, -0.1) is 0 Å². The first kappa shape index (κ1) is 12.0. The van der Waals surface area contributed by atoms with Crippen LogP contribution in [0.4, 0.5) is 11.4 Å². The minimum Gasteiger partial charge on any atom is -0.355 e. The molecule has 0 saturated heterocycles. The summed E-state index contributed by atoms with van der Waals surface area (Å²) in [5.74, 6) is 0.538. The highest BCUT2D eigenvalue weighted by molar-refractivity contribution is 6.30. The van der Waals surface area contributed by atoms with Gasteiger partial charge in [0.1, 0.15) is 0 Å². The molecule has 0 atom stereocenters. The van der Waals surface area contributed by atoms with Crippen molar-refractivity contribution in [3.63, 3.8) is 0 Å². The summed E-state index contributed by atoms with van der Waals surface area (Å²) < 4.78 is 0. The molecular weight excluding hydrogens is 230 g/mol. The van der Waals surface area contributed by atoms with Crippen LogP contribution in [0.25, 0.3) is 0 Å². The average Bonchev–Trinajstić information content (AvgIpc) is 2.29. The van der Waals surface area contributed by atoms with Gasteiger partial charge in [-0.2, -0.15) is 0 Å². The first-order valence-electron chi connectivity index (χ1n) is 5.78. The third-order valence-electron chi connectivity index (χ3n) is 2.67. The molecule has 2 rings (SSSR count). The SMILES string of the molecule is CC(C)c1cccc(Nc2cccc(Cl)c2)c1. The second-order valence-electron chi connectivity index (χ2n) is 4.42. The maximum atomic E-state index is 5.95. The molecule has 0 aliphatic rings. The Morgan fingerprint density at radius 3 is 2.24 bits per heavy atom. The van der Waals surface area contributed by atoms with Gasteiger partial charge in [-0.1, -0.05) is 43.6 Å². The van der Waals surface area contributed by atoms with E-state index in [-0.39, 0.29) is 0 Å². The Balaban J connectivity index is 2.21. The molecule has 2 aromatic carbocycles. The van der Waals surface area contributed by atoms with Gasteiger partial charge >= 0.3 is 0 Å². The number of benzene rings is 2. The minimum absolute atomic E-state index is 0.538. The van der Waals surface area contributed by atoms with Crippen molar-refractivity contribution in [2.45, 2.75) is 19.8 Å². The second-order valence-corrected chi connectivity index (χ2v) is 4.85. The zero-order chi connectivity index (χ0) is 12.3. The average molecular weight is 246 g/mol. The molecule has 0 aromatic heterocycles. The Kier molecular flexibility index (Phi) is 3.70. The number of anilines is 2. The van der Waals surface area contributed by atoms with Crippen LogP contribution in [0, 0.1) is 0 Å². The maximum Gasteiger partial charge on any atom is 0.0426 e. The lowest BCUT2D eigenvalue weighted by Gasteiger charge is -2.10. The van der Waals surface area contributed by atoms with Gasteiger partial charge in [0.2, 0.25) is 0 Å². The van der Waals surface area contributed by atoms with Crippen LogP contribution < -0.4 is 5.32 Å². The van der Waals surface area contributed by atoms with Crippen molar-refractivity contribution >= 4 is 23.0 Å². The summed E-state index contributed by atoms with van der Waals surface area (Å²) in [5.41, 5.74) is 3.44. The van der Waals surface area contributed by atoms with Crippen molar-refractivity contribution in [2.75, 3.05) is 5.32 Å². The lowest BCUT2D eigenvalue weighted by atomic mass is 10.0. The number of nitrogens with one attached hydrogen (secondary N) is 1. The van der Waals surface area contributed by atoms with Crippen molar-refractivity contribution in [1.82, 2.24) is 0 Å². The molecule has 0 radical (unpaired) electrons. The molecule has 1 nitrogen and oxygen atoms in total. The van der Waals surface area contributed by atoms with Crippen LogP contribution in [0.3, 0.4) is 0 Å². The number of hydrogen-bond donors (Lipinski definition) is 1. The Morgan fingerprint density at radius 2 is 1.59 bits per heavy atom. The van der Waals surface area contributed by atoms with Gasteiger partial charge < -0.3 is 5.32 Å². The Hall–Kier alpha value is -1.47. The van der Waals surface area contributed by atoms with Gasteiger partial charge in [-0.05, 0) is 41.8 Å². The molecule has 0 heterocycles. The molecule has 0 fully saturated rings. The van der Waals surface area contributed by atoms with Crippen LogP contribution in [0.15, 0.2) is 48.5 Å². The first-order valence-corrected chi connectivity index (χ1v) is 6.15. The molecule has 1 N–H and O–H groups in total. The molecule has 2 aromatic rings. The summed E-state index contributed by atoms with van der Waals surface area (Å²) in [5, 5.41) is 4.10. The van der Waals surface area contributed by atoms with Crippen LogP contribution in [0.5, 0.6) is 0 Å². The fraction of sp³-hybridized carbons (Fsp3) is 0.200.